The van der Waals surface area contributed by atoms with Crippen molar-refractivity contribution in [2.24, 2.45) is 5.73 Å². The van der Waals surface area contributed by atoms with Gasteiger partial charge < -0.3 is 10.5 Å². The van der Waals surface area contributed by atoms with Crippen LogP contribution in [0.25, 0.3) is 10.8 Å². The number of primary amides is 1. The second kappa shape index (κ2) is 12.1. The van der Waals surface area contributed by atoms with E-state index in [0.29, 0.717) is 5.75 Å². The molecule has 0 aliphatic carbocycles. The zero-order valence-corrected chi connectivity index (χ0v) is 15.3. The quantitative estimate of drug-likeness (QED) is 0.325. The number of nitrogens with two attached hydrogens (primary N) is 1. The number of fused-ring (bicyclic) bond motifs is 1. The minimum Gasteiger partial charge on any atom is -0.427 e. The number of rotatable bonds is 8. The number of unbranched alkanes of at least 4 members (excludes halogenated alkanes) is 5. The summed E-state index contributed by atoms with van der Waals surface area (Å²) in [7, 11) is 0. The largest absolute Gasteiger partial charge is 0.427 e. The lowest BCUT2D eigenvalue weighted by molar-refractivity contribution is -0.131. The molecule has 25 heavy (non-hydrogen) atoms. The number of ether oxygens (including phenoxy) is 1. The molecule has 136 valence electrons. The van der Waals surface area contributed by atoms with Gasteiger partial charge in [0.15, 0.2) is 0 Å². The summed E-state index contributed by atoms with van der Waals surface area (Å²) in [6.45, 7) is 3.68. The topological polar surface area (TPSA) is 69.4 Å². The van der Waals surface area contributed by atoms with Crippen LogP contribution in [0.2, 0.25) is 0 Å². The summed E-state index contributed by atoms with van der Waals surface area (Å²) < 4.78 is 5.13. The number of amides is 1. The smallest absolute Gasteiger partial charge is 0.308 e. The van der Waals surface area contributed by atoms with Gasteiger partial charge in [-0.2, -0.15) is 0 Å². The summed E-state index contributed by atoms with van der Waals surface area (Å²) in [5.41, 5.74) is 5.56. The van der Waals surface area contributed by atoms with Gasteiger partial charge >= 0.3 is 5.97 Å². The predicted molar refractivity (Wildman–Crippen MR) is 103 cm³/mol. The summed E-state index contributed by atoms with van der Waals surface area (Å²) in [6, 6.07) is 12.4. The summed E-state index contributed by atoms with van der Waals surface area (Å²) in [5, 5.41) is 2.32. The van der Waals surface area contributed by atoms with E-state index in [4.69, 9.17) is 9.53 Å². The zero-order valence-electron chi connectivity index (χ0n) is 15.3. The Bertz CT molecular complexity index is 667. The average Bonchev–Trinajstić information content (AvgIpc) is 2.58. The molecule has 0 aliphatic heterocycles. The number of hydrogen-bond acceptors (Lipinski definition) is 3. The molecule has 2 N–H and O–H groups in total. The van der Waals surface area contributed by atoms with Crippen LogP contribution >= 0.6 is 0 Å². The summed E-state index contributed by atoms with van der Waals surface area (Å²) in [4.78, 5) is 19.6. The molecule has 2 aromatic rings. The fraction of sp³-hybridized carbons (Fsp3) is 0.429. The monoisotopic (exact) mass is 343 g/mol. The minimum absolute atomic E-state index is 0.250. The lowest BCUT2D eigenvalue weighted by Crippen LogP contribution is -2.00. The van der Waals surface area contributed by atoms with Gasteiger partial charge in [0.05, 0.1) is 0 Å². The van der Waals surface area contributed by atoms with E-state index in [-0.39, 0.29) is 12.4 Å². The Labute approximate surface area is 150 Å². The molecule has 0 bridgehead atoms. The highest BCUT2D eigenvalue weighted by molar-refractivity contribution is 5.85. The minimum atomic E-state index is -0.279. The van der Waals surface area contributed by atoms with Crippen molar-refractivity contribution in [1.29, 1.82) is 0 Å². The van der Waals surface area contributed by atoms with E-state index >= 15 is 0 Å². The van der Waals surface area contributed by atoms with Crippen LogP contribution in [0.1, 0.15) is 57.9 Å². The van der Waals surface area contributed by atoms with Gasteiger partial charge in [0.1, 0.15) is 5.75 Å². The highest BCUT2D eigenvalue weighted by Gasteiger charge is 2.02. The Morgan fingerprint density at radius 2 is 1.60 bits per heavy atom. The lowest BCUT2D eigenvalue weighted by Gasteiger charge is -2.06. The molecule has 0 heterocycles. The van der Waals surface area contributed by atoms with Crippen LogP contribution in [0, 0.1) is 0 Å². The first kappa shape index (κ1) is 20.7. The third-order valence-corrected chi connectivity index (χ3v) is 3.96. The van der Waals surface area contributed by atoms with Crippen LogP contribution in [0.4, 0.5) is 0 Å². The van der Waals surface area contributed by atoms with Crippen LogP contribution in [0.3, 0.4) is 0 Å². The maximum absolute atomic E-state index is 11.0. The first-order valence-corrected chi connectivity index (χ1v) is 8.97. The molecule has 0 aliphatic rings. The molecular formula is C21H29NO3. The van der Waals surface area contributed by atoms with Crippen molar-refractivity contribution in [3.63, 3.8) is 0 Å². The molecule has 2 aromatic carbocycles. The standard InChI is InChI=1S/C20H26O2.CH3NO/c1-3-4-5-6-7-8-9-17-10-11-19-15-20(22-16(2)21)13-12-18(19)14-17;2-1-3/h10-15H,3-9H2,1-2H3;1H,(H2,2,3). The zero-order chi connectivity index (χ0) is 18.5. The molecule has 0 atom stereocenters. The van der Waals surface area contributed by atoms with Gasteiger partial charge in [-0.05, 0) is 41.3 Å². The summed E-state index contributed by atoms with van der Waals surface area (Å²) >= 11 is 0. The van der Waals surface area contributed by atoms with E-state index in [9.17, 15) is 4.79 Å². The van der Waals surface area contributed by atoms with Crippen molar-refractivity contribution in [3.05, 3.63) is 42.0 Å². The van der Waals surface area contributed by atoms with E-state index < -0.39 is 0 Å². The molecular weight excluding hydrogens is 314 g/mol. The highest BCUT2D eigenvalue weighted by atomic mass is 16.5. The fourth-order valence-electron chi connectivity index (χ4n) is 2.77. The van der Waals surface area contributed by atoms with Crippen molar-refractivity contribution in [3.8, 4) is 5.75 Å². The van der Waals surface area contributed by atoms with Crippen LogP contribution in [0.5, 0.6) is 5.75 Å². The lowest BCUT2D eigenvalue weighted by atomic mass is 10.0. The third kappa shape index (κ3) is 8.34. The van der Waals surface area contributed by atoms with Crippen LogP contribution in [-0.2, 0) is 16.0 Å². The number of aryl methyl sites for hydroxylation is 1. The van der Waals surface area contributed by atoms with Gasteiger partial charge in [-0.15, -0.1) is 0 Å². The number of benzene rings is 2. The molecule has 0 saturated carbocycles. The van der Waals surface area contributed by atoms with Gasteiger partial charge in [0.2, 0.25) is 6.41 Å². The Kier molecular flexibility index (Phi) is 9.98. The van der Waals surface area contributed by atoms with Crippen LogP contribution < -0.4 is 10.5 Å². The molecule has 2 rings (SSSR count). The van der Waals surface area contributed by atoms with Crippen LogP contribution in [0.15, 0.2) is 36.4 Å². The Morgan fingerprint density at radius 3 is 2.28 bits per heavy atom. The molecule has 0 radical (unpaired) electrons. The Morgan fingerprint density at radius 1 is 1.00 bits per heavy atom. The van der Waals surface area contributed by atoms with Crippen molar-refractivity contribution in [2.45, 2.75) is 58.8 Å². The summed E-state index contributed by atoms with van der Waals surface area (Å²) in [6.07, 6.45) is 9.37. The molecule has 0 saturated heterocycles. The van der Waals surface area contributed by atoms with Crippen molar-refractivity contribution < 1.29 is 14.3 Å². The normalized spacial score (nSPS) is 10.0. The van der Waals surface area contributed by atoms with E-state index in [2.05, 4.69) is 30.9 Å². The van der Waals surface area contributed by atoms with Crippen molar-refractivity contribution >= 4 is 23.2 Å². The van der Waals surface area contributed by atoms with Gasteiger partial charge in [-0.3, -0.25) is 9.59 Å². The maximum atomic E-state index is 11.0. The molecule has 0 aromatic heterocycles. The Hall–Kier alpha value is -2.36. The molecule has 4 heteroatoms. The molecule has 0 spiro atoms. The SMILES string of the molecule is CCCCCCCCc1ccc2cc(OC(C)=O)ccc2c1.NC=O. The number of esters is 1. The van der Waals surface area contributed by atoms with Gasteiger partial charge in [-0.25, -0.2) is 0 Å². The average molecular weight is 343 g/mol. The van der Waals surface area contributed by atoms with Gasteiger partial charge in [0.25, 0.3) is 0 Å². The summed E-state index contributed by atoms with van der Waals surface area (Å²) in [5.74, 6) is 0.336. The first-order chi connectivity index (χ1) is 12.1. The second-order valence-electron chi connectivity index (χ2n) is 6.09. The number of carbonyl (C=O) groups excluding carboxylic acids is 2. The predicted octanol–water partition coefficient (Wildman–Crippen LogP) is 4.77. The van der Waals surface area contributed by atoms with E-state index in [0.717, 1.165) is 11.8 Å². The first-order valence-electron chi connectivity index (χ1n) is 8.97. The third-order valence-electron chi connectivity index (χ3n) is 3.96. The van der Waals surface area contributed by atoms with Crippen molar-refractivity contribution in [2.75, 3.05) is 0 Å². The van der Waals surface area contributed by atoms with Gasteiger partial charge in [0, 0.05) is 6.92 Å². The van der Waals surface area contributed by atoms with E-state index in [1.54, 1.807) is 0 Å². The number of carbonyl (C=O) groups is 2. The Balaban J connectivity index is 0.000000970. The van der Waals surface area contributed by atoms with Crippen LogP contribution in [-0.4, -0.2) is 12.4 Å². The highest BCUT2D eigenvalue weighted by Crippen LogP contribution is 2.23. The molecule has 1 amide bonds. The second-order valence-corrected chi connectivity index (χ2v) is 6.09. The maximum Gasteiger partial charge on any atom is 0.308 e. The number of hydrogen-bond donors (Lipinski definition) is 1. The molecule has 0 unspecified atom stereocenters. The fourth-order valence-corrected chi connectivity index (χ4v) is 2.77. The molecule has 0 fully saturated rings. The van der Waals surface area contributed by atoms with Gasteiger partial charge in [-0.1, -0.05) is 63.3 Å². The van der Waals surface area contributed by atoms with E-state index in [1.807, 2.05) is 18.2 Å². The molecule has 4 nitrogen and oxygen atoms in total. The van der Waals surface area contributed by atoms with Crippen molar-refractivity contribution in [1.82, 2.24) is 0 Å². The van der Waals surface area contributed by atoms with E-state index in [1.165, 1.54) is 56.4 Å².